The van der Waals surface area contributed by atoms with Gasteiger partial charge in [0.1, 0.15) is 0 Å². The van der Waals surface area contributed by atoms with E-state index < -0.39 is 10.0 Å². The first-order valence-electron chi connectivity index (χ1n) is 10.3. The Kier molecular flexibility index (Phi) is 7.09. The molecule has 1 heterocycles. The van der Waals surface area contributed by atoms with Gasteiger partial charge in [-0.3, -0.25) is 9.69 Å². The molecule has 2 aliphatic rings. The molecule has 1 aromatic rings. The summed E-state index contributed by atoms with van der Waals surface area (Å²) in [4.78, 5) is 15.1. The highest BCUT2D eigenvalue weighted by molar-refractivity contribution is 7.89. The van der Waals surface area contributed by atoms with E-state index in [1.807, 2.05) is 6.92 Å². The molecule has 1 saturated heterocycles. The molecule has 1 aromatic carbocycles. The van der Waals surface area contributed by atoms with Crippen molar-refractivity contribution in [1.82, 2.24) is 14.5 Å². The van der Waals surface area contributed by atoms with Gasteiger partial charge in [-0.25, -0.2) is 8.42 Å². The largest absolute Gasteiger partial charge is 0.398 e. The Morgan fingerprint density at radius 3 is 2.45 bits per heavy atom. The van der Waals surface area contributed by atoms with Crippen molar-refractivity contribution < 1.29 is 13.2 Å². The van der Waals surface area contributed by atoms with Crippen LogP contribution in [0.1, 0.15) is 49.4 Å². The zero-order valence-corrected chi connectivity index (χ0v) is 18.6. The van der Waals surface area contributed by atoms with Gasteiger partial charge in [-0.15, -0.1) is 0 Å². The molecule has 1 aliphatic heterocycles. The van der Waals surface area contributed by atoms with Crippen LogP contribution in [0.2, 0.25) is 5.02 Å². The van der Waals surface area contributed by atoms with E-state index in [0.29, 0.717) is 55.4 Å². The van der Waals surface area contributed by atoms with Crippen molar-refractivity contribution in [3.05, 3.63) is 28.8 Å². The van der Waals surface area contributed by atoms with Gasteiger partial charge in [-0.1, -0.05) is 37.4 Å². The monoisotopic (exact) mass is 442 g/mol. The molecule has 9 heteroatoms. The molecule has 1 aliphatic carbocycles. The Balaban J connectivity index is 1.66. The van der Waals surface area contributed by atoms with E-state index in [1.165, 1.54) is 0 Å². The number of anilines is 1. The highest BCUT2D eigenvalue weighted by Gasteiger charge is 2.42. The lowest BCUT2D eigenvalue weighted by Crippen LogP contribution is -2.60. The highest BCUT2D eigenvalue weighted by atomic mass is 35.5. The molecule has 3 rings (SSSR count). The second-order valence-corrected chi connectivity index (χ2v) is 10.5. The molecule has 2 fully saturated rings. The van der Waals surface area contributed by atoms with Crippen LogP contribution in [0.4, 0.5) is 5.69 Å². The van der Waals surface area contributed by atoms with E-state index in [2.05, 4.69) is 10.2 Å². The van der Waals surface area contributed by atoms with Gasteiger partial charge in [0.05, 0.1) is 16.3 Å². The Morgan fingerprint density at radius 2 is 1.86 bits per heavy atom. The van der Waals surface area contributed by atoms with Crippen LogP contribution < -0.4 is 11.1 Å². The van der Waals surface area contributed by atoms with E-state index in [1.54, 1.807) is 22.5 Å². The predicted octanol–water partition coefficient (Wildman–Crippen LogP) is 2.32. The first kappa shape index (κ1) is 22.3. The number of nitrogens with one attached hydrogen (secondary N) is 1. The molecule has 3 N–H and O–H groups in total. The van der Waals surface area contributed by atoms with Crippen molar-refractivity contribution in [2.24, 2.45) is 0 Å². The normalized spacial score (nSPS) is 20.6. The van der Waals surface area contributed by atoms with Crippen LogP contribution >= 0.6 is 11.6 Å². The predicted molar refractivity (Wildman–Crippen MR) is 117 cm³/mol. The zero-order valence-electron chi connectivity index (χ0n) is 17.0. The Hall–Kier alpha value is -1.35. The van der Waals surface area contributed by atoms with Crippen molar-refractivity contribution in [3.63, 3.8) is 0 Å². The molecule has 162 valence electrons. The molecule has 7 nitrogen and oxygen atoms in total. The van der Waals surface area contributed by atoms with Gasteiger partial charge in [0, 0.05) is 44.0 Å². The van der Waals surface area contributed by atoms with Crippen LogP contribution in [0.3, 0.4) is 0 Å². The molecule has 0 atom stereocenters. The van der Waals surface area contributed by atoms with E-state index >= 15 is 0 Å². The maximum Gasteiger partial charge on any atom is 0.254 e. The quantitative estimate of drug-likeness (QED) is 0.632. The van der Waals surface area contributed by atoms with Crippen molar-refractivity contribution >= 4 is 33.2 Å². The number of hydrogen-bond acceptors (Lipinski definition) is 5. The van der Waals surface area contributed by atoms with Gasteiger partial charge in [0.2, 0.25) is 10.0 Å². The van der Waals surface area contributed by atoms with Gasteiger partial charge < -0.3 is 11.1 Å². The fourth-order valence-corrected chi connectivity index (χ4v) is 6.34. The second-order valence-electron chi connectivity index (χ2n) is 8.02. The third kappa shape index (κ3) is 4.87. The Bertz CT molecular complexity index is 812. The number of carbonyl (C=O) groups excluding carboxylic acids is 1. The third-order valence-electron chi connectivity index (χ3n) is 6.15. The minimum absolute atomic E-state index is 0.133. The van der Waals surface area contributed by atoms with Gasteiger partial charge >= 0.3 is 0 Å². The molecule has 0 bridgehead atoms. The number of piperazine rings is 1. The topological polar surface area (TPSA) is 95.7 Å². The number of benzene rings is 1. The molecule has 0 spiro atoms. The summed E-state index contributed by atoms with van der Waals surface area (Å²) in [6.45, 7) is 4.79. The Labute approximate surface area is 178 Å². The minimum atomic E-state index is -3.16. The fourth-order valence-electron chi connectivity index (χ4n) is 4.58. The third-order valence-corrected chi connectivity index (χ3v) is 8.54. The first-order chi connectivity index (χ1) is 13.8. The van der Waals surface area contributed by atoms with Crippen LogP contribution in [0, 0.1) is 0 Å². The zero-order chi connectivity index (χ0) is 21.1. The maximum atomic E-state index is 12.7. The van der Waals surface area contributed by atoms with E-state index in [-0.39, 0.29) is 17.2 Å². The summed E-state index contributed by atoms with van der Waals surface area (Å²) in [5.74, 6) is -0.0588. The van der Waals surface area contributed by atoms with Crippen LogP contribution in [0.15, 0.2) is 18.2 Å². The summed E-state index contributed by atoms with van der Waals surface area (Å²) in [6, 6.07) is 5.05. The highest BCUT2D eigenvalue weighted by Crippen LogP contribution is 2.36. The smallest absolute Gasteiger partial charge is 0.254 e. The summed E-state index contributed by atoms with van der Waals surface area (Å²) in [5, 5.41) is 3.39. The van der Waals surface area contributed by atoms with Crippen molar-refractivity contribution in [1.29, 1.82) is 0 Å². The van der Waals surface area contributed by atoms with E-state index in [0.717, 1.165) is 25.7 Å². The first-order valence-corrected chi connectivity index (χ1v) is 12.3. The number of hydrogen-bond donors (Lipinski definition) is 2. The number of carbonyl (C=O) groups is 1. The average molecular weight is 443 g/mol. The fraction of sp³-hybridized carbons (Fsp3) is 0.650. The van der Waals surface area contributed by atoms with Crippen LogP contribution in [0.5, 0.6) is 0 Å². The molecular formula is C20H31ClN4O3S. The van der Waals surface area contributed by atoms with Crippen molar-refractivity contribution in [3.8, 4) is 0 Å². The molecule has 0 radical (unpaired) electrons. The molecule has 29 heavy (non-hydrogen) atoms. The minimum Gasteiger partial charge on any atom is -0.398 e. The second kappa shape index (κ2) is 9.20. The lowest BCUT2D eigenvalue weighted by molar-refractivity contribution is 0.0540. The number of amides is 1. The number of rotatable bonds is 7. The lowest BCUT2D eigenvalue weighted by Gasteiger charge is -2.45. The molecule has 0 aromatic heterocycles. The van der Waals surface area contributed by atoms with Crippen LogP contribution in [0.25, 0.3) is 0 Å². The van der Waals surface area contributed by atoms with Crippen molar-refractivity contribution in [2.45, 2.75) is 44.6 Å². The molecule has 1 saturated carbocycles. The standard InChI is InChI=1S/C20H31ClN4O3S/c1-2-14-29(27,28)25-12-10-24(11-13-25)20(8-3-4-9-20)15-23-19(26)18-16(21)6-5-7-17(18)22/h5-7H,2-4,8-15,22H2,1H3,(H,23,26). The summed E-state index contributed by atoms with van der Waals surface area (Å²) in [6.07, 6.45) is 4.83. The molecular weight excluding hydrogens is 412 g/mol. The summed E-state index contributed by atoms with van der Waals surface area (Å²) in [5.41, 5.74) is 6.50. The lowest BCUT2D eigenvalue weighted by atomic mass is 9.93. The van der Waals surface area contributed by atoms with Gasteiger partial charge in [0.15, 0.2) is 0 Å². The maximum absolute atomic E-state index is 12.7. The van der Waals surface area contributed by atoms with Crippen LogP contribution in [-0.2, 0) is 10.0 Å². The SMILES string of the molecule is CCCS(=O)(=O)N1CCN(C2(CNC(=O)c3c(N)cccc3Cl)CCCC2)CC1. The summed E-state index contributed by atoms with van der Waals surface area (Å²) in [7, 11) is -3.16. The number of halogens is 1. The average Bonchev–Trinajstić information content (AvgIpc) is 3.16. The van der Waals surface area contributed by atoms with E-state index in [9.17, 15) is 13.2 Å². The van der Waals surface area contributed by atoms with Crippen molar-refractivity contribution in [2.75, 3.05) is 44.2 Å². The molecule has 0 unspecified atom stereocenters. The number of nitrogen functional groups attached to an aromatic ring is 1. The number of sulfonamides is 1. The number of nitrogens with two attached hydrogens (primary N) is 1. The van der Waals surface area contributed by atoms with Gasteiger partial charge in [-0.05, 0) is 31.4 Å². The van der Waals surface area contributed by atoms with Gasteiger partial charge in [0.25, 0.3) is 5.91 Å². The molecule has 1 amide bonds. The van der Waals surface area contributed by atoms with E-state index in [4.69, 9.17) is 17.3 Å². The Morgan fingerprint density at radius 1 is 1.21 bits per heavy atom. The number of nitrogens with zero attached hydrogens (tertiary/aromatic N) is 2. The summed E-state index contributed by atoms with van der Waals surface area (Å²) < 4.78 is 26.3. The van der Waals surface area contributed by atoms with Gasteiger partial charge in [-0.2, -0.15) is 4.31 Å². The summed E-state index contributed by atoms with van der Waals surface area (Å²) >= 11 is 6.17. The van der Waals surface area contributed by atoms with Crippen LogP contribution in [-0.4, -0.2) is 67.5 Å².